The van der Waals surface area contributed by atoms with Gasteiger partial charge in [-0.3, -0.25) is 0 Å². The van der Waals surface area contributed by atoms with Crippen molar-refractivity contribution < 1.29 is 4.42 Å². The van der Waals surface area contributed by atoms with E-state index in [1.165, 1.54) is 0 Å². The SMILES string of the molecule is Cc1ccc(CN(C)c2cccc(Cl)c2C#N)o1. The molecule has 0 saturated heterocycles. The first kappa shape index (κ1) is 12.5. The van der Waals surface area contributed by atoms with Gasteiger partial charge in [0.1, 0.15) is 17.6 Å². The van der Waals surface area contributed by atoms with Gasteiger partial charge in [-0.05, 0) is 31.2 Å². The minimum absolute atomic E-state index is 0.470. The summed E-state index contributed by atoms with van der Waals surface area (Å²) in [5, 5.41) is 9.60. The van der Waals surface area contributed by atoms with Gasteiger partial charge in [0, 0.05) is 7.05 Å². The Hall–Kier alpha value is -1.92. The molecule has 0 N–H and O–H groups in total. The van der Waals surface area contributed by atoms with Gasteiger partial charge in [0.2, 0.25) is 0 Å². The number of hydrogen-bond donors (Lipinski definition) is 0. The highest BCUT2D eigenvalue weighted by Crippen LogP contribution is 2.27. The van der Waals surface area contributed by atoms with Crippen molar-refractivity contribution in [1.82, 2.24) is 0 Å². The molecule has 0 saturated carbocycles. The van der Waals surface area contributed by atoms with Crippen molar-refractivity contribution in [2.45, 2.75) is 13.5 Å². The van der Waals surface area contributed by atoms with E-state index in [0.29, 0.717) is 17.1 Å². The van der Waals surface area contributed by atoms with E-state index in [1.54, 1.807) is 6.07 Å². The summed E-state index contributed by atoms with van der Waals surface area (Å²) < 4.78 is 5.52. The summed E-state index contributed by atoms with van der Waals surface area (Å²) in [4.78, 5) is 1.95. The van der Waals surface area contributed by atoms with Crippen LogP contribution in [0.3, 0.4) is 0 Å². The number of benzene rings is 1. The molecule has 0 radical (unpaired) electrons. The topological polar surface area (TPSA) is 40.2 Å². The predicted molar refractivity (Wildman–Crippen MR) is 71.7 cm³/mol. The molecule has 0 unspecified atom stereocenters. The molecular weight excluding hydrogens is 248 g/mol. The van der Waals surface area contributed by atoms with Crippen molar-refractivity contribution in [3.8, 4) is 6.07 Å². The molecular formula is C14H13ClN2O. The molecule has 0 fully saturated rings. The molecule has 1 heterocycles. The van der Waals surface area contributed by atoms with Crippen LogP contribution in [0.15, 0.2) is 34.7 Å². The van der Waals surface area contributed by atoms with Gasteiger partial charge in [-0.25, -0.2) is 0 Å². The third kappa shape index (κ3) is 2.49. The molecule has 0 aliphatic carbocycles. The Bertz CT molecular complexity index is 598. The molecule has 92 valence electrons. The number of rotatable bonds is 3. The Kier molecular flexibility index (Phi) is 3.59. The molecule has 3 nitrogen and oxygen atoms in total. The fourth-order valence-corrected chi connectivity index (χ4v) is 2.04. The number of nitriles is 1. The number of aryl methyl sites for hydroxylation is 1. The standard InChI is InChI=1S/C14H13ClN2O/c1-10-6-7-11(18-10)9-17(2)14-5-3-4-13(15)12(14)8-16/h3-7H,9H2,1-2H3. The summed E-state index contributed by atoms with van der Waals surface area (Å²) in [6.07, 6.45) is 0. The Morgan fingerprint density at radius 3 is 2.72 bits per heavy atom. The average molecular weight is 261 g/mol. The smallest absolute Gasteiger partial charge is 0.123 e. The van der Waals surface area contributed by atoms with Crippen LogP contribution in [0.25, 0.3) is 0 Å². The molecule has 0 aliphatic rings. The Balaban J connectivity index is 2.27. The summed E-state index contributed by atoms with van der Waals surface area (Å²) in [5.74, 6) is 1.74. The van der Waals surface area contributed by atoms with E-state index in [4.69, 9.17) is 21.3 Å². The monoisotopic (exact) mass is 260 g/mol. The summed E-state index contributed by atoms with van der Waals surface area (Å²) in [6.45, 7) is 2.51. The third-order valence-corrected chi connectivity index (χ3v) is 3.02. The van der Waals surface area contributed by atoms with Crippen LogP contribution >= 0.6 is 11.6 Å². The maximum Gasteiger partial charge on any atom is 0.123 e. The zero-order valence-corrected chi connectivity index (χ0v) is 11.0. The Labute approximate surface area is 111 Å². The van der Waals surface area contributed by atoms with Gasteiger partial charge in [0.25, 0.3) is 0 Å². The van der Waals surface area contributed by atoms with E-state index in [0.717, 1.165) is 17.2 Å². The van der Waals surface area contributed by atoms with Crippen molar-refractivity contribution >= 4 is 17.3 Å². The van der Waals surface area contributed by atoms with E-state index in [2.05, 4.69) is 6.07 Å². The fourth-order valence-electron chi connectivity index (χ4n) is 1.83. The second kappa shape index (κ2) is 5.16. The van der Waals surface area contributed by atoms with Gasteiger partial charge in [0.05, 0.1) is 22.8 Å². The van der Waals surface area contributed by atoms with Crippen molar-refractivity contribution in [2.24, 2.45) is 0 Å². The first-order chi connectivity index (χ1) is 8.61. The minimum Gasteiger partial charge on any atom is -0.464 e. The predicted octanol–water partition coefficient (Wildman–Crippen LogP) is 3.75. The normalized spacial score (nSPS) is 10.1. The summed E-state index contributed by atoms with van der Waals surface area (Å²) >= 11 is 6.01. The molecule has 0 spiro atoms. The lowest BCUT2D eigenvalue weighted by atomic mass is 10.1. The number of furan rings is 1. The lowest BCUT2D eigenvalue weighted by molar-refractivity contribution is 0.482. The van der Waals surface area contributed by atoms with Crippen LogP contribution in [0.1, 0.15) is 17.1 Å². The number of halogens is 1. The average Bonchev–Trinajstić information content (AvgIpc) is 2.74. The van der Waals surface area contributed by atoms with Gasteiger partial charge >= 0.3 is 0 Å². The van der Waals surface area contributed by atoms with Crippen LogP contribution in [-0.4, -0.2) is 7.05 Å². The van der Waals surface area contributed by atoms with Gasteiger partial charge < -0.3 is 9.32 Å². The van der Waals surface area contributed by atoms with Crippen LogP contribution in [0.2, 0.25) is 5.02 Å². The van der Waals surface area contributed by atoms with E-state index < -0.39 is 0 Å². The lowest BCUT2D eigenvalue weighted by Gasteiger charge is -2.19. The zero-order chi connectivity index (χ0) is 13.1. The van der Waals surface area contributed by atoms with E-state index >= 15 is 0 Å². The van der Waals surface area contributed by atoms with Crippen LogP contribution in [-0.2, 0) is 6.54 Å². The largest absolute Gasteiger partial charge is 0.464 e. The zero-order valence-electron chi connectivity index (χ0n) is 10.3. The second-order valence-corrected chi connectivity index (χ2v) is 4.52. The van der Waals surface area contributed by atoms with Crippen LogP contribution in [0.5, 0.6) is 0 Å². The lowest BCUT2D eigenvalue weighted by Crippen LogP contribution is -2.17. The van der Waals surface area contributed by atoms with Crippen LogP contribution < -0.4 is 4.90 Å². The highest BCUT2D eigenvalue weighted by atomic mass is 35.5. The molecule has 2 rings (SSSR count). The summed E-state index contributed by atoms with van der Waals surface area (Å²) in [7, 11) is 1.91. The molecule has 18 heavy (non-hydrogen) atoms. The minimum atomic E-state index is 0.470. The van der Waals surface area contributed by atoms with Gasteiger partial charge in [-0.15, -0.1) is 0 Å². The van der Waals surface area contributed by atoms with Gasteiger partial charge in [0.15, 0.2) is 0 Å². The first-order valence-electron chi connectivity index (χ1n) is 5.57. The molecule has 2 aromatic rings. The van der Waals surface area contributed by atoms with Crippen molar-refractivity contribution in [1.29, 1.82) is 5.26 Å². The van der Waals surface area contributed by atoms with E-state index in [1.807, 2.05) is 43.1 Å². The van der Waals surface area contributed by atoms with Crippen molar-refractivity contribution in [3.63, 3.8) is 0 Å². The molecule has 0 atom stereocenters. The number of anilines is 1. The van der Waals surface area contributed by atoms with E-state index in [9.17, 15) is 0 Å². The van der Waals surface area contributed by atoms with Crippen LogP contribution in [0, 0.1) is 18.3 Å². The summed E-state index contributed by atoms with van der Waals surface area (Å²) in [5.41, 5.74) is 1.30. The highest BCUT2D eigenvalue weighted by molar-refractivity contribution is 6.32. The number of hydrogen-bond acceptors (Lipinski definition) is 3. The quantitative estimate of drug-likeness (QED) is 0.844. The van der Waals surface area contributed by atoms with Gasteiger partial charge in [-0.1, -0.05) is 17.7 Å². The molecule has 1 aromatic heterocycles. The molecule has 0 aliphatic heterocycles. The third-order valence-electron chi connectivity index (χ3n) is 2.70. The molecule has 0 bridgehead atoms. The Morgan fingerprint density at radius 1 is 1.33 bits per heavy atom. The van der Waals surface area contributed by atoms with E-state index in [-0.39, 0.29) is 0 Å². The maximum atomic E-state index is 9.13. The highest BCUT2D eigenvalue weighted by Gasteiger charge is 2.12. The first-order valence-corrected chi connectivity index (χ1v) is 5.94. The maximum absolute atomic E-state index is 9.13. The summed E-state index contributed by atoms with van der Waals surface area (Å²) in [6, 6.07) is 11.4. The molecule has 4 heteroatoms. The molecule has 0 amide bonds. The molecule has 1 aromatic carbocycles. The second-order valence-electron chi connectivity index (χ2n) is 4.11. The Morgan fingerprint density at radius 2 is 2.11 bits per heavy atom. The van der Waals surface area contributed by atoms with Crippen LogP contribution in [0.4, 0.5) is 5.69 Å². The van der Waals surface area contributed by atoms with Crippen molar-refractivity contribution in [3.05, 3.63) is 52.4 Å². The number of nitrogens with zero attached hydrogens (tertiary/aromatic N) is 2. The van der Waals surface area contributed by atoms with Crippen molar-refractivity contribution in [2.75, 3.05) is 11.9 Å². The van der Waals surface area contributed by atoms with Gasteiger partial charge in [-0.2, -0.15) is 5.26 Å². The fraction of sp³-hybridized carbons (Fsp3) is 0.214.